The lowest BCUT2D eigenvalue weighted by Crippen LogP contribution is -2.38. The van der Waals surface area contributed by atoms with Gasteiger partial charge >= 0.3 is 0 Å². The SMILES string of the molecule is CCS(=O)(=O)c1ccccc1N1CC2CCCC(N)C2C1. The van der Waals surface area contributed by atoms with Gasteiger partial charge in [-0.3, -0.25) is 0 Å². The zero-order valence-corrected chi connectivity index (χ0v) is 13.3. The largest absolute Gasteiger partial charge is 0.370 e. The van der Waals surface area contributed by atoms with Crippen molar-refractivity contribution in [3.8, 4) is 0 Å². The standard InChI is InChI=1S/C16H24N2O2S/c1-2-21(19,20)16-9-4-3-8-15(16)18-10-12-6-5-7-14(17)13(12)11-18/h3-4,8-9,12-14H,2,5-7,10-11,17H2,1H3. The minimum absolute atomic E-state index is 0.143. The van der Waals surface area contributed by atoms with Crippen LogP contribution in [0.5, 0.6) is 0 Å². The van der Waals surface area contributed by atoms with Crippen LogP contribution >= 0.6 is 0 Å². The fraction of sp³-hybridized carbons (Fsp3) is 0.625. The van der Waals surface area contributed by atoms with E-state index in [1.165, 1.54) is 12.8 Å². The van der Waals surface area contributed by atoms with Gasteiger partial charge in [0.2, 0.25) is 0 Å². The number of para-hydroxylation sites is 1. The van der Waals surface area contributed by atoms with E-state index in [1.807, 2.05) is 12.1 Å². The average Bonchev–Trinajstić information content (AvgIpc) is 2.93. The predicted octanol–water partition coefficient (Wildman–Crippen LogP) is 2.04. The van der Waals surface area contributed by atoms with Gasteiger partial charge in [0.05, 0.1) is 16.3 Å². The summed E-state index contributed by atoms with van der Waals surface area (Å²) in [5, 5.41) is 0. The molecule has 116 valence electrons. The van der Waals surface area contributed by atoms with E-state index in [1.54, 1.807) is 19.1 Å². The highest BCUT2D eigenvalue weighted by molar-refractivity contribution is 7.91. The molecule has 3 rings (SSSR count). The van der Waals surface area contributed by atoms with Gasteiger partial charge in [-0.2, -0.15) is 0 Å². The Balaban J connectivity index is 1.92. The van der Waals surface area contributed by atoms with Gasteiger partial charge in [-0.25, -0.2) is 8.42 Å². The molecule has 1 aliphatic heterocycles. The van der Waals surface area contributed by atoms with Gasteiger partial charge in [0.1, 0.15) is 0 Å². The van der Waals surface area contributed by atoms with E-state index >= 15 is 0 Å². The minimum atomic E-state index is -3.19. The molecule has 3 atom stereocenters. The molecule has 1 heterocycles. The molecule has 5 heteroatoms. The normalized spacial score (nSPS) is 29.4. The zero-order chi connectivity index (χ0) is 15.0. The summed E-state index contributed by atoms with van der Waals surface area (Å²) in [5.41, 5.74) is 7.13. The van der Waals surface area contributed by atoms with E-state index in [0.717, 1.165) is 25.2 Å². The number of fused-ring (bicyclic) bond motifs is 1. The molecule has 1 aromatic rings. The third-order valence-corrected chi connectivity index (χ3v) is 6.85. The highest BCUT2D eigenvalue weighted by Gasteiger charge is 2.39. The molecule has 1 saturated heterocycles. The Morgan fingerprint density at radius 3 is 2.71 bits per heavy atom. The van der Waals surface area contributed by atoms with Crippen molar-refractivity contribution in [3.05, 3.63) is 24.3 Å². The van der Waals surface area contributed by atoms with Crippen molar-refractivity contribution in [2.45, 2.75) is 37.1 Å². The summed E-state index contributed by atoms with van der Waals surface area (Å²) in [7, 11) is -3.19. The molecule has 21 heavy (non-hydrogen) atoms. The number of anilines is 1. The van der Waals surface area contributed by atoms with Gasteiger partial charge in [-0.05, 0) is 36.8 Å². The van der Waals surface area contributed by atoms with Crippen LogP contribution < -0.4 is 10.6 Å². The van der Waals surface area contributed by atoms with E-state index in [9.17, 15) is 8.42 Å². The van der Waals surface area contributed by atoms with Gasteiger partial charge in [-0.15, -0.1) is 0 Å². The first-order valence-electron chi connectivity index (χ1n) is 7.85. The van der Waals surface area contributed by atoms with Gasteiger partial charge < -0.3 is 10.6 Å². The van der Waals surface area contributed by atoms with Gasteiger partial charge in [0.25, 0.3) is 0 Å². The monoisotopic (exact) mass is 308 g/mol. The number of hydrogen-bond acceptors (Lipinski definition) is 4. The van der Waals surface area contributed by atoms with Crippen LogP contribution in [0.2, 0.25) is 0 Å². The Kier molecular flexibility index (Phi) is 3.97. The van der Waals surface area contributed by atoms with Crippen LogP contribution in [0.25, 0.3) is 0 Å². The predicted molar refractivity (Wildman–Crippen MR) is 85.2 cm³/mol. The summed E-state index contributed by atoms with van der Waals surface area (Å²) >= 11 is 0. The van der Waals surface area contributed by atoms with E-state index in [-0.39, 0.29) is 11.8 Å². The van der Waals surface area contributed by atoms with Crippen LogP contribution in [0.4, 0.5) is 5.69 Å². The third kappa shape index (κ3) is 2.69. The van der Waals surface area contributed by atoms with Crippen LogP contribution in [0.3, 0.4) is 0 Å². The fourth-order valence-electron chi connectivity index (χ4n) is 3.85. The van der Waals surface area contributed by atoms with Gasteiger partial charge in [-0.1, -0.05) is 25.5 Å². The molecule has 1 saturated carbocycles. The van der Waals surface area contributed by atoms with Crippen molar-refractivity contribution in [2.24, 2.45) is 17.6 Å². The molecule has 2 fully saturated rings. The fourth-order valence-corrected chi connectivity index (χ4v) is 4.96. The summed E-state index contributed by atoms with van der Waals surface area (Å²) < 4.78 is 24.6. The quantitative estimate of drug-likeness (QED) is 0.928. The number of sulfone groups is 1. The average molecular weight is 308 g/mol. The Morgan fingerprint density at radius 2 is 2.00 bits per heavy atom. The molecule has 0 spiro atoms. The van der Waals surface area contributed by atoms with Crippen molar-refractivity contribution in [1.82, 2.24) is 0 Å². The third-order valence-electron chi connectivity index (χ3n) is 5.07. The summed E-state index contributed by atoms with van der Waals surface area (Å²) in [6.07, 6.45) is 3.52. The summed E-state index contributed by atoms with van der Waals surface area (Å²) in [4.78, 5) is 2.71. The molecule has 1 aromatic carbocycles. The lowest BCUT2D eigenvalue weighted by atomic mass is 9.78. The van der Waals surface area contributed by atoms with E-state index in [0.29, 0.717) is 16.7 Å². The molecule has 4 nitrogen and oxygen atoms in total. The molecular weight excluding hydrogens is 284 g/mol. The molecule has 0 amide bonds. The van der Waals surface area contributed by atoms with Crippen LogP contribution in [0, 0.1) is 11.8 Å². The first kappa shape index (κ1) is 14.9. The second-order valence-electron chi connectivity index (χ2n) is 6.29. The van der Waals surface area contributed by atoms with Crippen molar-refractivity contribution >= 4 is 15.5 Å². The summed E-state index contributed by atoms with van der Waals surface area (Å²) in [5.74, 6) is 1.27. The first-order chi connectivity index (χ1) is 10.0. The molecule has 0 aromatic heterocycles. The molecule has 3 unspecified atom stereocenters. The van der Waals surface area contributed by atoms with Crippen LogP contribution in [-0.2, 0) is 9.84 Å². The first-order valence-corrected chi connectivity index (χ1v) is 9.50. The minimum Gasteiger partial charge on any atom is -0.370 e. The molecule has 1 aliphatic carbocycles. The zero-order valence-electron chi connectivity index (χ0n) is 12.5. The maximum atomic E-state index is 12.3. The van der Waals surface area contributed by atoms with Crippen LogP contribution in [-0.4, -0.2) is 33.3 Å². The van der Waals surface area contributed by atoms with E-state index in [4.69, 9.17) is 5.73 Å². The second-order valence-corrected chi connectivity index (χ2v) is 8.54. The molecule has 0 bridgehead atoms. The number of benzene rings is 1. The smallest absolute Gasteiger partial charge is 0.180 e. The van der Waals surface area contributed by atoms with Crippen molar-refractivity contribution in [2.75, 3.05) is 23.7 Å². The number of rotatable bonds is 3. The highest BCUT2D eigenvalue weighted by atomic mass is 32.2. The lowest BCUT2D eigenvalue weighted by molar-refractivity contribution is 0.260. The van der Waals surface area contributed by atoms with E-state index in [2.05, 4.69) is 4.90 Å². The number of nitrogens with two attached hydrogens (primary N) is 1. The van der Waals surface area contributed by atoms with Gasteiger partial charge in [0.15, 0.2) is 9.84 Å². The molecule has 2 N–H and O–H groups in total. The van der Waals surface area contributed by atoms with Crippen LogP contribution in [0.15, 0.2) is 29.2 Å². The number of hydrogen-bond donors (Lipinski definition) is 1. The lowest BCUT2D eigenvalue weighted by Gasteiger charge is -2.29. The topological polar surface area (TPSA) is 63.4 Å². The Bertz CT molecular complexity index is 614. The highest BCUT2D eigenvalue weighted by Crippen LogP contribution is 2.39. The van der Waals surface area contributed by atoms with Gasteiger partial charge in [0, 0.05) is 19.1 Å². The Hall–Kier alpha value is -1.07. The van der Waals surface area contributed by atoms with Crippen molar-refractivity contribution in [3.63, 3.8) is 0 Å². The Morgan fingerprint density at radius 1 is 1.24 bits per heavy atom. The number of nitrogens with zero attached hydrogens (tertiary/aromatic N) is 1. The van der Waals surface area contributed by atoms with E-state index < -0.39 is 9.84 Å². The molecule has 2 aliphatic rings. The summed E-state index contributed by atoms with van der Waals surface area (Å²) in [6.45, 7) is 3.53. The Labute approximate surface area is 127 Å². The molecule has 0 radical (unpaired) electrons. The van der Waals surface area contributed by atoms with Crippen molar-refractivity contribution in [1.29, 1.82) is 0 Å². The van der Waals surface area contributed by atoms with Crippen molar-refractivity contribution < 1.29 is 8.42 Å². The maximum absolute atomic E-state index is 12.3. The van der Waals surface area contributed by atoms with Crippen LogP contribution in [0.1, 0.15) is 26.2 Å². The second kappa shape index (κ2) is 5.61. The maximum Gasteiger partial charge on any atom is 0.180 e. The molecular formula is C16H24N2O2S. The summed E-state index contributed by atoms with van der Waals surface area (Å²) in [6, 6.07) is 7.66.